The Morgan fingerprint density at radius 3 is 1.06 bits per heavy atom. The number of esters is 2. The molecule has 1 N–H and O–H groups in total. The summed E-state index contributed by atoms with van der Waals surface area (Å²) in [6.07, 6.45) is -20.0. The summed E-state index contributed by atoms with van der Waals surface area (Å²) in [6.45, 7) is 0. The van der Waals surface area contributed by atoms with E-state index in [1.165, 1.54) is 4.98 Å². The third-order valence-corrected chi connectivity index (χ3v) is 4.43. The molecule has 0 spiro atoms. The lowest BCUT2D eigenvalue weighted by atomic mass is 9.92. The van der Waals surface area contributed by atoms with Crippen LogP contribution < -0.4 is 0 Å². The zero-order chi connectivity index (χ0) is 28.0. The number of methoxy groups -OCH3 is 2. The molecule has 1 aromatic rings. The van der Waals surface area contributed by atoms with Gasteiger partial charge in [0.1, 0.15) is 11.4 Å². The van der Waals surface area contributed by atoms with Crippen molar-refractivity contribution in [2.75, 3.05) is 14.2 Å². The van der Waals surface area contributed by atoms with E-state index in [-0.39, 0.29) is 0 Å². The summed E-state index contributed by atoms with van der Waals surface area (Å²) in [5.41, 5.74) is -7.48. The highest BCUT2D eigenvalue weighted by atomic mass is 19.4. The number of halogens is 14. The van der Waals surface area contributed by atoms with Crippen molar-refractivity contribution in [3.8, 4) is 0 Å². The van der Waals surface area contributed by atoms with Gasteiger partial charge in [-0.3, -0.25) is 0 Å². The number of carbonyl (C=O) groups is 2. The second-order valence-electron chi connectivity index (χ2n) is 6.72. The lowest BCUT2D eigenvalue weighted by molar-refractivity contribution is -0.355. The minimum atomic E-state index is -6.98. The summed E-state index contributed by atoms with van der Waals surface area (Å²) in [6, 6.07) is 0. The Kier molecular flexibility index (Phi) is 7.81. The molecular formula is C16H11F14NO4. The first-order valence-corrected chi connectivity index (χ1v) is 8.44. The lowest BCUT2D eigenvalue weighted by Gasteiger charge is -2.30. The SMILES string of the molecule is COC(=O)c1[nH]c(C(=O)OC)c(CC(F)(F)C(F)(F)C(F)(F)F)c1CC(F)(F)C(F)(F)C(F)(F)F. The predicted molar refractivity (Wildman–Crippen MR) is 82.8 cm³/mol. The topological polar surface area (TPSA) is 68.4 Å². The monoisotopic (exact) mass is 547 g/mol. The normalized spacial score (nSPS) is 14.2. The summed E-state index contributed by atoms with van der Waals surface area (Å²) in [5, 5.41) is 0. The van der Waals surface area contributed by atoms with Crippen LogP contribution in [0, 0.1) is 0 Å². The van der Waals surface area contributed by atoms with Crippen LogP contribution in [-0.2, 0) is 22.3 Å². The van der Waals surface area contributed by atoms with E-state index in [1.54, 1.807) is 0 Å². The first-order chi connectivity index (χ1) is 15.4. The van der Waals surface area contributed by atoms with Crippen molar-refractivity contribution in [1.82, 2.24) is 4.98 Å². The van der Waals surface area contributed by atoms with Crippen LogP contribution in [0.3, 0.4) is 0 Å². The third kappa shape index (κ3) is 5.26. The molecule has 0 radical (unpaired) electrons. The van der Waals surface area contributed by atoms with Crippen LogP contribution in [0.1, 0.15) is 32.1 Å². The van der Waals surface area contributed by atoms with Gasteiger partial charge in [-0.15, -0.1) is 0 Å². The molecule has 1 heterocycles. The maximum Gasteiger partial charge on any atom is 0.459 e. The molecule has 0 aliphatic heterocycles. The molecule has 5 nitrogen and oxygen atoms in total. The number of aromatic nitrogens is 1. The number of hydrogen-bond acceptors (Lipinski definition) is 4. The fraction of sp³-hybridized carbons (Fsp3) is 0.625. The highest BCUT2D eigenvalue weighted by Gasteiger charge is 2.74. The number of H-pyrrole nitrogens is 1. The van der Waals surface area contributed by atoms with Crippen LogP contribution in [0.4, 0.5) is 61.5 Å². The fourth-order valence-electron chi connectivity index (χ4n) is 2.60. The molecule has 0 fully saturated rings. The molecule has 0 saturated carbocycles. The molecule has 0 amide bonds. The zero-order valence-corrected chi connectivity index (χ0v) is 16.8. The summed E-state index contributed by atoms with van der Waals surface area (Å²) >= 11 is 0. The van der Waals surface area contributed by atoms with E-state index in [1.807, 2.05) is 0 Å². The molecule has 19 heteroatoms. The second kappa shape index (κ2) is 9.03. The van der Waals surface area contributed by atoms with Crippen LogP contribution in [-0.4, -0.2) is 67.2 Å². The van der Waals surface area contributed by atoms with Gasteiger partial charge in [0.05, 0.1) is 14.2 Å². The molecule has 1 aromatic heterocycles. The first-order valence-electron chi connectivity index (χ1n) is 8.44. The molecule has 0 saturated heterocycles. The number of carbonyl (C=O) groups excluding carboxylic acids is 2. The number of alkyl halides is 14. The summed E-state index contributed by atoms with van der Waals surface area (Å²) in [7, 11) is 0.888. The van der Waals surface area contributed by atoms with Gasteiger partial charge < -0.3 is 14.5 Å². The van der Waals surface area contributed by atoms with Crippen molar-refractivity contribution in [3.05, 3.63) is 22.5 Å². The highest BCUT2D eigenvalue weighted by Crippen LogP contribution is 2.51. The van der Waals surface area contributed by atoms with E-state index < -0.39 is 83.3 Å². The van der Waals surface area contributed by atoms with Gasteiger partial charge in [-0.1, -0.05) is 0 Å². The smallest absolute Gasteiger partial charge is 0.459 e. The number of nitrogens with one attached hydrogen (secondary N) is 1. The number of aromatic amines is 1. The Labute approximate surface area is 184 Å². The Morgan fingerprint density at radius 2 is 0.857 bits per heavy atom. The molecule has 0 bridgehead atoms. The van der Waals surface area contributed by atoms with Gasteiger partial charge in [0.25, 0.3) is 0 Å². The van der Waals surface area contributed by atoms with Crippen LogP contribution in [0.5, 0.6) is 0 Å². The van der Waals surface area contributed by atoms with Crippen LogP contribution >= 0.6 is 0 Å². The van der Waals surface area contributed by atoms with Crippen molar-refractivity contribution in [2.24, 2.45) is 0 Å². The third-order valence-electron chi connectivity index (χ3n) is 4.43. The van der Waals surface area contributed by atoms with E-state index in [4.69, 9.17) is 0 Å². The van der Waals surface area contributed by atoms with E-state index in [0.29, 0.717) is 14.2 Å². The molecular weight excluding hydrogens is 536 g/mol. The summed E-state index contributed by atoms with van der Waals surface area (Å²) in [5.74, 6) is -30.4. The molecule has 1 rings (SSSR count). The quantitative estimate of drug-likeness (QED) is 0.353. The minimum Gasteiger partial charge on any atom is -0.464 e. The van der Waals surface area contributed by atoms with Gasteiger partial charge in [-0.05, 0) is 11.1 Å². The summed E-state index contributed by atoms with van der Waals surface area (Å²) in [4.78, 5) is 25.0. The van der Waals surface area contributed by atoms with E-state index in [9.17, 15) is 71.1 Å². The van der Waals surface area contributed by atoms with Crippen LogP contribution in [0.2, 0.25) is 0 Å². The zero-order valence-electron chi connectivity index (χ0n) is 16.8. The van der Waals surface area contributed by atoms with Crippen molar-refractivity contribution in [2.45, 2.75) is 48.9 Å². The molecule has 0 aliphatic carbocycles. The fourth-order valence-corrected chi connectivity index (χ4v) is 2.60. The molecule has 35 heavy (non-hydrogen) atoms. The van der Waals surface area contributed by atoms with E-state index in [2.05, 4.69) is 9.47 Å². The molecule has 0 unspecified atom stereocenters. The van der Waals surface area contributed by atoms with Crippen molar-refractivity contribution in [1.29, 1.82) is 0 Å². The Bertz CT molecular complexity index is 886. The van der Waals surface area contributed by atoms with Gasteiger partial charge in [0.15, 0.2) is 0 Å². The van der Waals surface area contributed by atoms with Gasteiger partial charge >= 0.3 is 48.0 Å². The standard InChI is InChI=1S/C16H11F14NO4/c1-34-9(32)7-5(3-11(17,18)13(21,22)15(25,26)27)6(8(31-7)10(33)35-2)4-12(19,20)14(23,24)16(28,29)30/h31H,3-4H2,1-2H3. The lowest BCUT2D eigenvalue weighted by Crippen LogP contribution is -2.54. The minimum absolute atomic E-state index is 0.444. The number of hydrogen-bond donors (Lipinski definition) is 1. The summed E-state index contributed by atoms with van der Waals surface area (Å²) < 4.78 is 192. The number of rotatable bonds is 8. The second-order valence-corrected chi connectivity index (χ2v) is 6.72. The van der Waals surface area contributed by atoms with Crippen molar-refractivity contribution < 1.29 is 80.5 Å². The molecule has 0 aliphatic rings. The Morgan fingerprint density at radius 1 is 0.600 bits per heavy atom. The highest BCUT2D eigenvalue weighted by molar-refractivity contribution is 5.96. The molecule has 0 atom stereocenters. The number of ether oxygens (including phenoxy) is 2. The Hall–Kier alpha value is -2.76. The van der Waals surface area contributed by atoms with Gasteiger partial charge in [-0.25, -0.2) is 9.59 Å². The van der Waals surface area contributed by atoms with Crippen LogP contribution in [0.25, 0.3) is 0 Å². The van der Waals surface area contributed by atoms with Crippen molar-refractivity contribution >= 4 is 11.9 Å². The predicted octanol–water partition coefficient (Wildman–Crippen LogP) is 5.34. The van der Waals surface area contributed by atoms with E-state index >= 15 is 0 Å². The largest absolute Gasteiger partial charge is 0.464 e. The molecule has 202 valence electrons. The van der Waals surface area contributed by atoms with Crippen LogP contribution in [0.15, 0.2) is 0 Å². The maximum absolute atomic E-state index is 14.0. The Balaban J connectivity index is 3.94. The van der Waals surface area contributed by atoms with Gasteiger partial charge in [-0.2, -0.15) is 61.5 Å². The molecule has 0 aromatic carbocycles. The average Bonchev–Trinajstić information content (AvgIpc) is 3.01. The average molecular weight is 547 g/mol. The first kappa shape index (κ1) is 30.3. The van der Waals surface area contributed by atoms with Gasteiger partial charge in [0, 0.05) is 12.8 Å². The maximum atomic E-state index is 14.0. The van der Waals surface area contributed by atoms with Crippen molar-refractivity contribution in [3.63, 3.8) is 0 Å². The van der Waals surface area contributed by atoms with Gasteiger partial charge in [0.2, 0.25) is 0 Å². The van der Waals surface area contributed by atoms with E-state index in [0.717, 1.165) is 0 Å².